The topological polar surface area (TPSA) is 0 Å². The molecule has 3 aliphatic carbocycles. The van der Waals surface area contributed by atoms with Crippen LogP contribution in [-0.2, 0) is 0 Å². The Bertz CT molecular complexity index is 315. The zero-order chi connectivity index (χ0) is 8.13. The zero-order valence-corrected chi connectivity index (χ0v) is 7.51. The third kappa shape index (κ3) is 0.682. The molecule has 1 fully saturated rings. The second kappa shape index (κ2) is 2.12. The van der Waals surface area contributed by atoms with Crippen LogP contribution in [0.25, 0.3) is 0 Å². The summed E-state index contributed by atoms with van der Waals surface area (Å²) in [6.45, 7) is 2.30. The molecule has 1 saturated carbocycles. The summed E-state index contributed by atoms with van der Waals surface area (Å²) >= 11 is 0. The van der Waals surface area contributed by atoms with E-state index >= 15 is 0 Å². The van der Waals surface area contributed by atoms with E-state index in [0.29, 0.717) is 0 Å². The minimum absolute atomic E-state index is 0.882. The Kier molecular flexibility index (Phi) is 1.19. The van der Waals surface area contributed by atoms with Crippen molar-refractivity contribution in [3.8, 4) is 0 Å². The van der Waals surface area contributed by atoms with Gasteiger partial charge in [-0.05, 0) is 49.2 Å². The van der Waals surface area contributed by atoms with E-state index in [2.05, 4.69) is 25.2 Å². The SMILES string of the molecule is CC1=C2C3=CC=CCC3CC2C1. The molecule has 2 unspecified atom stereocenters. The van der Waals surface area contributed by atoms with Crippen molar-refractivity contribution in [1.29, 1.82) is 0 Å². The predicted molar refractivity (Wildman–Crippen MR) is 50.8 cm³/mol. The van der Waals surface area contributed by atoms with Gasteiger partial charge in [-0.1, -0.05) is 23.8 Å². The van der Waals surface area contributed by atoms with Crippen LogP contribution >= 0.6 is 0 Å². The van der Waals surface area contributed by atoms with Gasteiger partial charge in [0.25, 0.3) is 0 Å². The molecule has 0 spiro atoms. The number of rotatable bonds is 0. The minimum Gasteiger partial charge on any atom is -0.0839 e. The fourth-order valence-electron chi connectivity index (χ4n) is 3.04. The number of fused-ring (bicyclic) bond motifs is 3. The Labute approximate surface area is 73.7 Å². The summed E-state index contributed by atoms with van der Waals surface area (Å²) in [4.78, 5) is 0. The average molecular weight is 158 g/mol. The second-order valence-corrected chi connectivity index (χ2v) is 4.31. The van der Waals surface area contributed by atoms with Gasteiger partial charge in [-0.25, -0.2) is 0 Å². The maximum atomic E-state index is 2.34. The normalized spacial score (nSPS) is 37.2. The van der Waals surface area contributed by atoms with Crippen molar-refractivity contribution in [2.24, 2.45) is 11.8 Å². The summed E-state index contributed by atoms with van der Waals surface area (Å²) in [5, 5.41) is 0. The molecule has 0 saturated heterocycles. The monoisotopic (exact) mass is 158 g/mol. The number of allylic oxidation sites excluding steroid dienone is 6. The minimum atomic E-state index is 0.882. The van der Waals surface area contributed by atoms with Crippen molar-refractivity contribution in [2.45, 2.75) is 26.2 Å². The Hall–Kier alpha value is -0.780. The van der Waals surface area contributed by atoms with Gasteiger partial charge in [0.1, 0.15) is 0 Å². The van der Waals surface area contributed by atoms with E-state index < -0.39 is 0 Å². The highest BCUT2D eigenvalue weighted by atomic mass is 14.4. The average Bonchev–Trinajstić information content (AvgIpc) is 2.35. The molecule has 12 heavy (non-hydrogen) atoms. The summed E-state index contributed by atoms with van der Waals surface area (Å²) in [7, 11) is 0. The molecule has 0 heterocycles. The quantitative estimate of drug-likeness (QED) is 0.507. The van der Waals surface area contributed by atoms with Crippen LogP contribution in [0, 0.1) is 11.8 Å². The Balaban J connectivity index is 2.09. The Morgan fingerprint density at radius 3 is 3.08 bits per heavy atom. The van der Waals surface area contributed by atoms with Gasteiger partial charge in [0.05, 0.1) is 0 Å². The lowest BCUT2D eigenvalue weighted by Crippen LogP contribution is -2.11. The first kappa shape index (κ1) is 6.71. The number of hydrogen-bond acceptors (Lipinski definition) is 0. The molecule has 0 radical (unpaired) electrons. The molecule has 0 aromatic rings. The van der Waals surface area contributed by atoms with Gasteiger partial charge in [-0.15, -0.1) is 0 Å². The van der Waals surface area contributed by atoms with Crippen LogP contribution in [0.5, 0.6) is 0 Å². The maximum absolute atomic E-state index is 2.34. The van der Waals surface area contributed by atoms with Crippen LogP contribution in [0.2, 0.25) is 0 Å². The van der Waals surface area contributed by atoms with E-state index in [0.717, 1.165) is 11.8 Å². The van der Waals surface area contributed by atoms with Crippen molar-refractivity contribution in [3.63, 3.8) is 0 Å². The van der Waals surface area contributed by atoms with Gasteiger partial charge in [-0.2, -0.15) is 0 Å². The summed E-state index contributed by atoms with van der Waals surface area (Å²) in [5.74, 6) is 1.83. The van der Waals surface area contributed by atoms with Crippen LogP contribution in [-0.4, -0.2) is 0 Å². The van der Waals surface area contributed by atoms with E-state index in [4.69, 9.17) is 0 Å². The van der Waals surface area contributed by atoms with Crippen LogP contribution in [0.3, 0.4) is 0 Å². The lowest BCUT2D eigenvalue weighted by molar-refractivity contribution is 0.496. The molecule has 0 bridgehead atoms. The summed E-state index contributed by atoms with van der Waals surface area (Å²) in [6, 6.07) is 0. The molecule has 0 N–H and O–H groups in total. The first-order valence-corrected chi connectivity index (χ1v) is 4.93. The van der Waals surface area contributed by atoms with Gasteiger partial charge in [0.15, 0.2) is 0 Å². The molecule has 62 valence electrons. The molecule has 0 aromatic heterocycles. The molecular formula is C12H14. The summed E-state index contributed by atoms with van der Waals surface area (Å²) in [5.41, 5.74) is 5.06. The molecule has 0 amide bonds. The van der Waals surface area contributed by atoms with Crippen LogP contribution in [0.15, 0.2) is 34.9 Å². The summed E-state index contributed by atoms with van der Waals surface area (Å²) in [6.07, 6.45) is 11.0. The van der Waals surface area contributed by atoms with E-state index in [1.54, 1.807) is 16.7 Å². The lowest BCUT2D eigenvalue weighted by Gasteiger charge is -2.26. The van der Waals surface area contributed by atoms with Crippen molar-refractivity contribution in [2.75, 3.05) is 0 Å². The Morgan fingerprint density at radius 1 is 1.33 bits per heavy atom. The van der Waals surface area contributed by atoms with Crippen molar-refractivity contribution < 1.29 is 0 Å². The third-order valence-electron chi connectivity index (χ3n) is 3.57. The van der Waals surface area contributed by atoms with Gasteiger partial charge in [0.2, 0.25) is 0 Å². The number of hydrogen-bond donors (Lipinski definition) is 0. The standard InChI is InChI=1S/C12H14/c1-8-6-10-7-9-4-2-3-5-11(9)12(8)10/h2-3,5,9-10H,4,6-7H2,1H3. The smallest absolute Gasteiger partial charge is 0.0116 e. The van der Waals surface area contributed by atoms with Crippen LogP contribution < -0.4 is 0 Å². The van der Waals surface area contributed by atoms with E-state index in [9.17, 15) is 0 Å². The molecular weight excluding hydrogens is 144 g/mol. The summed E-state index contributed by atoms with van der Waals surface area (Å²) < 4.78 is 0. The first-order chi connectivity index (χ1) is 5.86. The van der Waals surface area contributed by atoms with Crippen molar-refractivity contribution in [3.05, 3.63) is 34.9 Å². The molecule has 3 aliphatic rings. The van der Waals surface area contributed by atoms with Gasteiger partial charge >= 0.3 is 0 Å². The highest BCUT2D eigenvalue weighted by Gasteiger charge is 2.40. The van der Waals surface area contributed by atoms with E-state index in [-0.39, 0.29) is 0 Å². The maximum Gasteiger partial charge on any atom is -0.0116 e. The molecule has 3 rings (SSSR count). The van der Waals surface area contributed by atoms with Gasteiger partial charge < -0.3 is 0 Å². The second-order valence-electron chi connectivity index (χ2n) is 4.31. The molecule has 2 atom stereocenters. The first-order valence-electron chi connectivity index (χ1n) is 4.93. The van der Waals surface area contributed by atoms with Crippen molar-refractivity contribution >= 4 is 0 Å². The largest absolute Gasteiger partial charge is 0.0839 e. The van der Waals surface area contributed by atoms with E-state index in [1.165, 1.54) is 19.3 Å². The van der Waals surface area contributed by atoms with Gasteiger partial charge in [0, 0.05) is 0 Å². The molecule has 0 nitrogen and oxygen atoms in total. The molecule has 0 heteroatoms. The predicted octanol–water partition coefficient (Wildman–Crippen LogP) is 3.23. The molecule has 0 aliphatic heterocycles. The third-order valence-corrected chi connectivity index (χ3v) is 3.57. The van der Waals surface area contributed by atoms with E-state index in [1.807, 2.05) is 0 Å². The highest BCUT2D eigenvalue weighted by Crippen LogP contribution is 2.53. The zero-order valence-electron chi connectivity index (χ0n) is 7.51. The lowest BCUT2D eigenvalue weighted by atomic mass is 9.79. The Morgan fingerprint density at radius 2 is 2.25 bits per heavy atom. The molecule has 0 aromatic carbocycles. The van der Waals surface area contributed by atoms with Crippen LogP contribution in [0.1, 0.15) is 26.2 Å². The fraction of sp³-hybridized carbons (Fsp3) is 0.500. The van der Waals surface area contributed by atoms with Crippen LogP contribution in [0.4, 0.5) is 0 Å². The highest BCUT2D eigenvalue weighted by molar-refractivity contribution is 5.51. The van der Waals surface area contributed by atoms with Gasteiger partial charge in [-0.3, -0.25) is 0 Å². The van der Waals surface area contributed by atoms with Crippen molar-refractivity contribution in [1.82, 2.24) is 0 Å². The fourth-order valence-corrected chi connectivity index (χ4v) is 3.04.